The van der Waals surface area contributed by atoms with Crippen LogP contribution < -0.4 is 5.73 Å². The fourth-order valence-electron chi connectivity index (χ4n) is 2.32. The SMILES string of the molecule is Cl.NCC1CCN(C(=O)Cc2ccc([N+](=O)[O-])cc2Br)C1. The van der Waals surface area contributed by atoms with E-state index in [1.165, 1.54) is 12.1 Å². The van der Waals surface area contributed by atoms with E-state index in [0.717, 1.165) is 18.5 Å². The normalized spacial score (nSPS) is 17.4. The molecule has 2 rings (SSSR count). The molecule has 0 saturated carbocycles. The van der Waals surface area contributed by atoms with Gasteiger partial charge in [-0.25, -0.2) is 0 Å². The Morgan fingerprint density at radius 2 is 2.24 bits per heavy atom. The van der Waals surface area contributed by atoms with Gasteiger partial charge in [-0.3, -0.25) is 14.9 Å². The average Bonchev–Trinajstić information content (AvgIpc) is 2.89. The Morgan fingerprint density at radius 3 is 2.76 bits per heavy atom. The second-order valence-electron chi connectivity index (χ2n) is 4.94. The van der Waals surface area contributed by atoms with Crippen LogP contribution in [0.3, 0.4) is 0 Å². The van der Waals surface area contributed by atoms with Crippen molar-refractivity contribution in [3.63, 3.8) is 0 Å². The van der Waals surface area contributed by atoms with E-state index in [-0.39, 0.29) is 30.4 Å². The van der Waals surface area contributed by atoms with Gasteiger partial charge in [-0.1, -0.05) is 22.0 Å². The first kappa shape index (κ1) is 17.9. The molecule has 1 aromatic rings. The van der Waals surface area contributed by atoms with E-state index in [9.17, 15) is 14.9 Å². The van der Waals surface area contributed by atoms with E-state index in [1.54, 1.807) is 6.07 Å². The number of nitrogens with zero attached hydrogens (tertiary/aromatic N) is 2. The van der Waals surface area contributed by atoms with Gasteiger partial charge in [0.05, 0.1) is 11.3 Å². The van der Waals surface area contributed by atoms with Crippen LogP contribution in [0.25, 0.3) is 0 Å². The first-order valence-corrected chi connectivity index (χ1v) is 7.21. The summed E-state index contributed by atoms with van der Waals surface area (Å²) in [5.41, 5.74) is 6.38. The molecule has 0 aromatic heterocycles. The summed E-state index contributed by atoms with van der Waals surface area (Å²) >= 11 is 3.28. The predicted octanol–water partition coefficient (Wildman–Crippen LogP) is 2.13. The Bertz CT molecular complexity index is 541. The minimum absolute atomic E-state index is 0. The van der Waals surface area contributed by atoms with E-state index in [0.29, 0.717) is 23.5 Å². The van der Waals surface area contributed by atoms with Gasteiger partial charge in [0, 0.05) is 29.7 Å². The third-order valence-corrected chi connectivity index (χ3v) is 4.30. The van der Waals surface area contributed by atoms with Gasteiger partial charge >= 0.3 is 0 Å². The summed E-state index contributed by atoms with van der Waals surface area (Å²) in [5, 5.41) is 10.7. The first-order valence-electron chi connectivity index (χ1n) is 6.42. The summed E-state index contributed by atoms with van der Waals surface area (Å²) < 4.78 is 0.592. The summed E-state index contributed by atoms with van der Waals surface area (Å²) in [7, 11) is 0. The van der Waals surface area contributed by atoms with Gasteiger partial charge in [0.2, 0.25) is 5.91 Å². The number of carbonyl (C=O) groups excluding carboxylic acids is 1. The topological polar surface area (TPSA) is 89.5 Å². The summed E-state index contributed by atoms with van der Waals surface area (Å²) in [6.45, 7) is 2.05. The first-order chi connectivity index (χ1) is 9.51. The maximum Gasteiger partial charge on any atom is 0.270 e. The average molecular weight is 379 g/mol. The van der Waals surface area contributed by atoms with Crippen molar-refractivity contribution in [2.45, 2.75) is 12.8 Å². The van der Waals surface area contributed by atoms with Crippen molar-refractivity contribution in [1.29, 1.82) is 0 Å². The van der Waals surface area contributed by atoms with Gasteiger partial charge in [0.1, 0.15) is 0 Å². The monoisotopic (exact) mass is 377 g/mol. The lowest BCUT2D eigenvalue weighted by Gasteiger charge is -2.16. The predicted molar refractivity (Wildman–Crippen MR) is 85.5 cm³/mol. The number of halogens is 2. The third-order valence-electron chi connectivity index (χ3n) is 3.56. The van der Waals surface area contributed by atoms with Gasteiger partial charge in [0.25, 0.3) is 5.69 Å². The number of rotatable bonds is 4. The van der Waals surface area contributed by atoms with E-state index < -0.39 is 4.92 Å². The van der Waals surface area contributed by atoms with Crippen LogP contribution in [0.2, 0.25) is 0 Å². The van der Waals surface area contributed by atoms with Crippen LogP contribution in [0.5, 0.6) is 0 Å². The van der Waals surface area contributed by atoms with Crippen molar-refractivity contribution in [2.24, 2.45) is 11.7 Å². The number of carbonyl (C=O) groups is 1. The molecule has 0 radical (unpaired) electrons. The maximum absolute atomic E-state index is 12.2. The van der Waals surface area contributed by atoms with Crippen molar-refractivity contribution in [3.8, 4) is 0 Å². The van der Waals surface area contributed by atoms with Crippen molar-refractivity contribution in [1.82, 2.24) is 4.90 Å². The number of hydrogen-bond acceptors (Lipinski definition) is 4. The fraction of sp³-hybridized carbons (Fsp3) is 0.462. The van der Waals surface area contributed by atoms with E-state index in [2.05, 4.69) is 15.9 Å². The van der Waals surface area contributed by atoms with Crippen molar-refractivity contribution in [3.05, 3.63) is 38.3 Å². The van der Waals surface area contributed by atoms with Gasteiger partial charge < -0.3 is 10.6 Å². The van der Waals surface area contributed by atoms with Crippen LogP contribution in [-0.4, -0.2) is 35.4 Å². The Labute approximate surface area is 137 Å². The molecule has 1 aliphatic heterocycles. The van der Waals surface area contributed by atoms with E-state index >= 15 is 0 Å². The minimum Gasteiger partial charge on any atom is -0.342 e. The van der Waals surface area contributed by atoms with Gasteiger partial charge in [-0.05, 0) is 24.4 Å². The van der Waals surface area contributed by atoms with Crippen LogP contribution in [0.1, 0.15) is 12.0 Å². The van der Waals surface area contributed by atoms with Crippen molar-refractivity contribution in [2.75, 3.05) is 19.6 Å². The number of amides is 1. The van der Waals surface area contributed by atoms with Gasteiger partial charge in [-0.15, -0.1) is 12.4 Å². The lowest BCUT2D eigenvalue weighted by atomic mass is 10.1. The number of nitro groups is 1. The number of likely N-dealkylation sites (tertiary alicyclic amines) is 1. The molecule has 0 aliphatic carbocycles. The molecule has 2 N–H and O–H groups in total. The zero-order valence-electron chi connectivity index (χ0n) is 11.3. The molecule has 21 heavy (non-hydrogen) atoms. The number of nitrogens with two attached hydrogens (primary N) is 1. The molecule has 1 atom stereocenters. The quantitative estimate of drug-likeness (QED) is 0.642. The second-order valence-corrected chi connectivity index (χ2v) is 5.79. The molecule has 1 unspecified atom stereocenters. The molecule has 1 aliphatic rings. The fourth-order valence-corrected chi connectivity index (χ4v) is 2.83. The van der Waals surface area contributed by atoms with Crippen LogP contribution >= 0.6 is 28.3 Å². The molecule has 1 fully saturated rings. The molecule has 116 valence electrons. The molecule has 8 heteroatoms. The number of hydrogen-bond donors (Lipinski definition) is 1. The highest BCUT2D eigenvalue weighted by atomic mass is 79.9. The van der Waals surface area contributed by atoms with E-state index in [1.807, 2.05) is 4.90 Å². The standard InChI is InChI=1S/C13H16BrN3O3.ClH/c14-12-6-11(17(19)20)2-1-10(12)5-13(18)16-4-3-9(7-15)8-16;/h1-2,6,9H,3-5,7-8,15H2;1H. The molecule has 1 amide bonds. The molecule has 1 saturated heterocycles. The zero-order valence-corrected chi connectivity index (χ0v) is 13.7. The Balaban J connectivity index is 0.00000220. The van der Waals surface area contributed by atoms with Crippen molar-refractivity contribution >= 4 is 39.9 Å². The lowest BCUT2D eigenvalue weighted by Crippen LogP contribution is -2.31. The second kappa shape index (κ2) is 7.72. The molecular weight excluding hydrogens is 362 g/mol. The van der Waals surface area contributed by atoms with E-state index in [4.69, 9.17) is 5.73 Å². The Morgan fingerprint density at radius 1 is 1.52 bits per heavy atom. The summed E-state index contributed by atoms with van der Waals surface area (Å²) in [6, 6.07) is 4.46. The van der Waals surface area contributed by atoms with Gasteiger partial charge in [0.15, 0.2) is 0 Å². The molecule has 1 heterocycles. The smallest absolute Gasteiger partial charge is 0.270 e. The highest BCUT2D eigenvalue weighted by Gasteiger charge is 2.25. The lowest BCUT2D eigenvalue weighted by molar-refractivity contribution is -0.384. The molecule has 1 aromatic carbocycles. The molecule has 0 spiro atoms. The summed E-state index contributed by atoms with van der Waals surface area (Å²) in [5.74, 6) is 0.426. The summed E-state index contributed by atoms with van der Waals surface area (Å²) in [4.78, 5) is 24.2. The van der Waals surface area contributed by atoms with Crippen LogP contribution in [-0.2, 0) is 11.2 Å². The Hall–Kier alpha value is -1.18. The molecule has 6 nitrogen and oxygen atoms in total. The highest BCUT2D eigenvalue weighted by Crippen LogP contribution is 2.24. The molecule has 0 bridgehead atoms. The number of non-ortho nitro benzene ring substituents is 1. The Kier molecular flexibility index (Phi) is 6.57. The van der Waals surface area contributed by atoms with Crippen LogP contribution in [0, 0.1) is 16.0 Å². The number of nitro benzene ring substituents is 1. The zero-order chi connectivity index (χ0) is 14.7. The summed E-state index contributed by atoms with van der Waals surface area (Å²) in [6.07, 6.45) is 1.19. The third kappa shape index (κ3) is 4.39. The number of benzene rings is 1. The van der Waals surface area contributed by atoms with Crippen molar-refractivity contribution < 1.29 is 9.72 Å². The van der Waals surface area contributed by atoms with Crippen LogP contribution in [0.15, 0.2) is 22.7 Å². The molecular formula is C13H17BrClN3O3. The highest BCUT2D eigenvalue weighted by molar-refractivity contribution is 9.10. The van der Waals surface area contributed by atoms with Crippen LogP contribution in [0.4, 0.5) is 5.69 Å². The largest absolute Gasteiger partial charge is 0.342 e. The maximum atomic E-state index is 12.2. The van der Waals surface area contributed by atoms with Gasteiger partial charge in [-0.2, -0.15) is 0 Å². The minimum atomic E-state index is -0.456.